The van der Waals surface area contributed by atoms with Crippen molar-refractivity contribution in [3.63, 3.8) is 0 Å². The van der Waals surface area contributed by atoms with E-state index in [1.807, 2.05) is 11.6 Å². The van der Waals surface area contributed by atoms with Crippen LogP contribution in [0.1, 0.15) is 84.1 Å². The Bertz CT molecular complexity index is 427. The number of aryl methyl sites for hydroxylation is 1. The molecule has 0 saturated carbocycles. The molecule has 1 unspecified atom stereocenters. The van der Waals surface area contributed by atoms with Gasteiger partial charge in [0, 0.05) is 18.8 Å². The molecule has 0 aliphatic rings. The van der Waals surface area contributed by atoms with E-state index in [-0.39, 0.29) is 11.2 Å². The lowest BCUT2D eigenvalue weighted by Gasteiger charge is -2.30. The van der Waals surface area contributed by atoms with Gasteiger partial charge in [-0.3, -0.25) is 0 Å². The fourth-order valence-electron chi connectivity index (χ4n) is 3.19. The molecular weight excluding hydrogens is 329 g/mol. The van der Waals surface area contributed by atoms with E-state index in [1.165, 1.54) is 44.9 Å². The van der Waals surface area contributed by atoms with Gasteiger partial charge in [-0.2, -0.15) is 0 Å². The molecule has 0 spiro atoms. The van der Waals surface area contributed by atoms with E-state index < -0.39 is 0 Å². The summed E-state index contributed by atoms with van der Waals surface area (Å²) in [6.07, 6.45) is 12.4. The van der Waals surface area contributed by atoms with Gasteiger partial charge < -0.3 is 4.57 Å². The Morgan fingerprint density at radius 3 is 2.05 bits per heavy atom. The van der Waals surface area contributed by atoms with Gasteiger partial charge in [-0.25, -0.2) is 4.39 Å². The molecule has 0 aromatic carbocycles. The zero-order valence-electron chi connectivity index (χ0n) is 14.1. The lowest BCUT2D eigenvalue weighted by atomic mass is 9.75. The maximum absolute atomic E-state index is 14.4. The van der Waals surface area contributed by atoms with Crippen molar-refractivity contribution in [2.75, 3.05) is 0 Å². The van der Waals surface area contributed by atoms with Crippen LogP contribution in [-0.2, 0) is 12.5 Å². The minimum atomic E-state index is -0.0566. The molecule has 0 aliphatic carbocycles. The summed E-state index contributed by atoms with van der Waals surface area (Å²) >= 11 is 3.59. The van der Waals surface area contributed by atoms with Gasteiger partial charge >= 0.3 is 0 Å². The molecule has 0 amide bonds. The summed E-state index contributed by atoms with van der Waals surface area (Å²) in [6, 6.07) is 0. The van der Waals surface area contributed by atoms with Gasteiger partial charge in [-0.1, -0.05) is 65.7 Å². The highest BCUT2D eigenvalue weighted by Gasteiger charge is 2.32. The Balaban J connectivity index is 2.88. The van der Waals surface area contributed by atoms with Gasteiger partial charge in [-0.15, -0.1) is 0 Å². The average Bonchev–Trinajstić information content (AvgIpc) is 2.69. The Kier molecular flexibility index (Phi) is 8.00. The molecule has 0 saturated heterocycles. The fourth-order valence-corrected chi connectivity index (χ4v) is 3.96. The second-order valence-electron chi connectivity index (χ2n) is 6.58. The average molecular weight is 360 g/mol. The highest BCUT2D eigenvalue weighted by atomic mass is 79.9. The molecule has 0 N–H and O–H groups in total. The summed E-state index contributed by atoms with van der Waals surface area (Å²) in [5, 5.41) is 0. The van der Waals surface area contributed by atoms with Crippen molar-refractivity contribution in [3.05, 3.63) is 22.2 Å². The largest absolute Gasteiger partial charge is 0.342 e. The molecule has 3 heteroatoms. The second kappa shape index (κ2) is 8.97. The van der Waals surface area contributed by atoms with E-state index in [4.69, 9.17) is 0 Å². The molecule has 1 heterocycles. The van der Waals surface area contributed by atoms with E-state index in [9.17, 15) is 4.39 Å². The summed E-state index contributed by atoms with van der Waals surface area (Å²) < 4.78 is 17.2. The molecule has 0 radical (unpaired) electrons. The zero-order chi connectivity index (χ0) is 15.9. The summed E-state index contributed by atoms with van der Waals surface area (Å²) in [7, 11) is 1.90. The number of unbranched alkanes of at least 4 members (excludes halogenated alkanes) is 5. The monoisotopic (exact) mass is 359 g/mol. The topological polar surface area (TPSA) is 4.93 Å². The van der Waals surface area contributed by atoms with Crippen LogP contribution in [0.4, 0.5) is 4.39 Å². The minimum absolute atomic E-state index is 0.0485. The van der Waals surface area contributed by atoms with Crippen LogP contribution in [0.25, 0.3) is 0 Å². The number of rotatable bonds is 10. The molecule has 1 atom stereocenters. The molecule has 21 heavy (non-hydrogen) atoms. The van der Waals surface area contributed by atoms with E-state index in [2.05, 4.69) is 36.7 Å². The lowest BCUT2D eigenvalue weighted by molar-refractivity contribution is 0.352. The highest BCUT2D eigenvalue weighted by molar-refractivity contribution is 9.10. The number of aromatic nitrogens is 1. The SMILES string of the molecule is CCCCCCC(C)(CCCCC)c1c(F)cn(C)c1Br. The summed E-state index contributed by atoms with van der Waals surface area (Å²) in [5.74, 6) is -0.0566. The van der Waals surface area contributed by atoms with Gasteiger partial charge in [0.2, 0.25) is 0 Å². The third-order valence-electron chi connectivity index (χ3n) is 4.58. The van der Waals surface area contributed by atoms with Gasteiger partial charge in [-0.05, 0) is 34.2 Å². The Morgan fingerprint density at radius 2 is 1.57 bits per heavy atom. The van der Waals surface area contributed by atoms with E-state index >= 15 is 0 Å². The first-order valence-corrected chi connectivity index (χ1v) is 9.26. The van der Waals surface area contributed by atoms with Crippen LogP contribution in [0, 0.1) is 5.82 Å². The maximum Gasteiger partial charge on any atom is 0.145 e. The van der Waals surface area contributed by atoms with Crippen LogP contribution >= 0.6 is 15.9 Å². The Hall–Kier alpha value is -0.310. The molecule has 1 nitrogen and oxygen atoms in total. The van der Waals surface area contributed by atoms with E-state index in [0.717, 1.165) is 23.0 Å². The van der Waals surface area contributed by atoms with Gasteiger partial charge in [0.1, 0.15) is 5.82 Å². The number of hydrogen-bond donors (Lipinski definition) is 0. The minimum Gasteiger partial charge on any atom is -0.342 e. The van der Waals surface area contributed by atoms with Crippen molar-refractivity contribution >= 4 is 15.9 Å². The molecule has 1 rings (SSSR count). The van der Waals surface area contributed by atoms with Crippen molar-refractivity contribution in [1.82, 2.24) is 4.57 Å². The van der Waals surface area contributed by atoms with Crippen molar-refractivity contribution in [3.8, 4) is 0 Å². The van der Waals surface area contributed by atoms with Crippen molar-refractivity contribution in [2.45, 2.75) is 84.0 Å². The van der Waals surface area contributed by atoms with Crippen LogP contribution in [0.5, 0.6) is 0 Å². The second-order valence-corrected chi connectivity index (χ2v) is 7.33. The standard InChI is InChI=1S/C18H31BrFN/c1-5-7-9-11-13-18(3,12-10-8-6-2)16-15(20)14-21(4)17(16)19/h14H,5-13H2,1-4H3. The molecule has 0 aliphatic heterocycles. The smallest absolute Gasteiger partial charge is 0.145 e. The summed E-state index contributed by atoms with van der Waals surface area (Å²) in [4.78, 5) is 0. The third kappa shape index (κ3) is 5.12. The molecule has 0 bridgehead atoms. The summed E-state index contributed by atoms with van der Waals surface area (Å²) in [5.41, 5.74) is 0.838. The normalized spacial score (nSPS) is 14.4. The van der Waals surface area contributed by atoms with Crippen LogP contribution in [-0.4, -0.2) is 4.57 Å². The Morgan fingerprint density at radius 1 is 1.05 bits per heavy atom. The van der Waals surface area contributed by atoms with Gasteiger partial charge in [0.15, 0.2) is 0 Å². The van der Waals surface area contributed by atoms with E-state index in [0.29, 0.717) is 0 Å². The summed E-state index contributed by atoms with van der Waals surface area (Å²) in [6.45, 7) is 6.70. The van der Waals surface area contributed by atoms with Crippen LogP contribution in [0.2, 0.25) is 0 Å². The number of halogens is 2. The fraction of sp³-hybridized carbons (Fsp3) is 0.778. The van der Waals surface area contributed by atoms with Crippen LogP contribution in [0.15, 0.2) is 10.8 Å². The molecule has 122 valence electrons. The lowest BCUT2D eigenvalue weighted by Crippen LogP contribution is -2.23. The van der Waals surface area contributed by atoms with Crippen molar-refractivity contribution in [2.24, 2.45) is 7.05 Å². The first-order valence-electron chi connectivity index (χ1n) is 8.47. The van der Waals surface area contributed by atoms with Crippen molar-refractivity contribution < 1.29 is 4.39 Å². The zero-order valence-corrected chi connectivity index (χ0v) is 15.7. The van der Waals surface area contributed by atoms with Gasteiger partial charge in [0.25, 0.3) is 0 Å². The van der Waals surface area contributed by atoms with Crippen LogP contribution < -0.4 is 0 Å². The molecular formula is C18H31BrFN. The predicted octanol–water partition coefficient (Wildman–Crippen LogP) is 6.74. The maximum atomic E-state index is 14.4. The molecule has 0 fully saturated rings. The molecule has 1 aromatic rings. The number of nitrogens with zero attached hydrogens (tertiary/aromatic N) is 1. The Labute approximate surface area is 138 Å². The van der Waals surface area contributed by atoms with Gasteiger partial charge in [0.05, 0.1) is 4.60 Å². The van der Waals surface area contributed by atoms with Crippen molar-refractivity contribution in [1.29, 1.82) is 0 Å². The van der Waals surface area contributed by atoms with Crippen LogP contribution in [0.3, 0.4) is 0 Å². The quantitative estimate of drug-likeness (QED) is 0.407. The molecule has 1 aromatic heterocycles. The first kappa shape index (κ1) is 18.7. The first-order chi connectivity index (χ1) is 9.96. The van der Waals surface area contributed by atoms with E-state index in [1.54, 1.807) is 6.20 Å². The predicted molar refractivity (Wildman–Crippen MR) is 93.3 cm³/mol. The highest BCUT2D eigenvalue weighted by Crippen LogP contribution is 2.41. The third-order valence-corrected chi connectivity index (χ3v) is 5.54. The number of hydrogen-bond acceptors (Lipinski definition) is 0.